The number of aryl methyl sites for hydroxylation is 2. The molecule has 1 aliphatic carbocycles. The highest BCUT2D eigenvalue weighted by atomic mass is 16.5. The van der Waals surface area contributed by atoms with Crippen LogP contribution in [0.3, 0.4) is 0 Å². The van der Waals surface area contributed by atoms with Crippen LogP contribution in [-0.4, -0.2) is 5.97 Å². The van der Waals surface area contributed by atoms with E-state index < -0.39 is 0 Å². The van der Waals surface area contributed by atoms with Gasteiger partial charge in [-0.2, -0.15) is 0 Å². The molecular formula is C18H26O2. The molecular weight excluding hydrogens is 248 g/mol. The lowest BCUT2D eigenvalue weighted by Gasteiger charge is -2.19. The molecule has 0 aromatic heterocycles. The molecule has 0 saturated carbocycles. The Balaban J connectivity index is 1.95. The number of ether oxygens (including phenoxy) is 1. The lowest BCUT2D eigenvalue weighted by atomic mass is 9.89. The van der Waals surface area contributed by atoms with Crippen molar-refractivity contribution in [3.05, 3.63) is 34.9 Å². The molecule has 2 nitrogen and oxygen atoms in total. The summed E-state index contributed by atoms with van der Waals surface area (Å²) in [5.74, 6) is 0.463. The van der Waals surface area contributed by atoms with Gasteiger partial charge in [0.05, 0.1) is 0 Å². The molecule has 1 atom stereocenters. The van der Waals surface area contributed by atoms with Crippen molar-refractivity contribution in [2.75, 3.05) is 0 Å². The summed E-state index contributed by atoms with van der Waals surface area (Å²) in [5.41, 5.74) is 4.04. The van der Waals surface area contributed by atoms with Crippen molar-refractivity contribution >= 4 is 5.97 Å². The van der Waals surface area contributed by atoms with E-state index in [9.17, 15) is 4.79 Å². The number of benzene rings is 1. The van der Waals surface area contributed by atoms with E-state index in [4.69, 9.17) is 4.74 Å². The minimum Gasteiger partial charge on any atom is -0.458 e. The van der Waals surface area contributed by atoms with Gasteiger partial charge in [0.15, 0.2) is 0 Å². The van der Waals surface area contributed by atoms with Crippen LogP contribution in [0.4, 0.5) is 0 Å². The average molecular weight is 274 g/mol. The first-order chi connectivity index (χ1) is 9.56. The third-order valence-electron chi connectivity index (χ3n) is 4.08. The van der Waals surface area contributed by atoms with Crippen LogP contribution in [0.1, 0.15) is 69.2 Å². The number of carbonyl (C=O) groups is 1. The fourth-order valence-corrected chi connectivity index (χ4v) is 2.74. The minimum atomic E-state index is -0.137. The molecule has 0 bridgehead atoms. The molecule has 2 heteroatoms. The van der Waals surface area contributed by atoms with E-state index in [1.54, 1.807) is 0 Å². The molecule has 1 aromatic carbocycles. The summed E-state index contributed by atoms with van der Waals surface area (Å²) >= 11 is 0. The average Bonchev–Trinajstić information content (AvgIpc) is 2.44. The van der Waals surface area contributed by atoms with Gasteiger partial charge in [-0.25, -0.2) is 0 Å². The number of hydrogen-bond acceptors (Lipinski definition) is 2. The zero-order chi connectivity index (χ0) is 14.5. The van der Waals surface area contributed by atoms with Gasteiger partial charge < -0.3 is 4.74 Å². The summed E-state index contributed by atoms with van der Waals surface area (Å²) in [6.45, 7) is 6.22. The van der Waals surface area contributed by atoms with E-state index in [2.05, 4.69) is 32.0 Å². The number of esters is 1. The lowest BCUT2D eigenvalue weighted by molar-refractivity contribution is -0.148. The first-order valence-corrected chi connectivity index (χ1v) is 7.87. The number of fused-ring (bicyclic) bond motifs is 1. The quantitative estimate of drug-likeness (QED) is 0.733. The zero-order valence-corrected chi connectivity index (χ0v) is 12.9. The Labute approximate surface area is 122 Å². The van der Waals surface area contributed by atoms with Crippen molar-refractivity contribution in [2.45, 2.75) is 65.4 Å². The standard InChI is InChI=1S/C18H26O2/c1-13(2)8-11-18(19)20-14(3)16-10-9-15-6-4-5-7-17(15)12-16/h9-10,12-14H,4-8,11H2,1-3H3. The Hall–Kier alpha value is -1.31. The number of hydrogen-bond donors (Lipinski definition) is 0. The van der Waals surface area contributed by atoms with Crippen LogP contribution in [0, 0.1) is 5.92 Å². The fraction of sp³-hybridized carbons (Fsp3) is 0.611. The maximum absolute atomic E-state index is 11.8. The number of carbonyl (C=O) groups excluding carboxylic acids is 1. The molecule has 2 rings (SSSR count). The second-order valence-electron chi connectivity index (χ2n) is 6.30. The molecule has 0 saturated heterocycles. The van der Waals surface area contributed by atoms with Gasteiger partial charge in [-0.15, -0.1) is 0 Å². The van der Waals surface area contributed by atoms with Crippen LogP contribution in [0.25, 0.3) is 0 Å². The molecule has 110 valence electrons. The highest BCUT2D eigenvalue weighted by Crippen LogP contribution is 2.26. The second-order valence-corrected chi connectivity index (χ2v) is 6.30. The normalized spacial score (nSPS) is 15.8. The van der Waals surface area contributed by atoms with Crippen LogP contribution in [0.15, 0.2) is 18.2 Å². The van der Waals surface area contributed by atoms with Crippen LogP contribution in [0.5, 0.6) is 0 Å². The first kappa shape index (κ1) is 15.1. The SMILES string of the molecule is CC(C)CCC(=O)OC(C)c1ccc2c(c1)CCCC2. The van der Waals surface area contributed by atoms with Gasteiger partial charge >= 0.3 is 5.97 Å². The van der Waals surface area contributed by atoms with Gasteiger partial charge in [0.2, 0.25) is 0 Å². The van der Waals surface area contributed by atoms with E-state index in [-0.39, 0.29) is 12.1 Å². The highest BCUT2D eigenvalue weighted by molar-refractivity contribution is 5.69. The third-order valence-corrected chi connectivity index (χ3v) is 4.08. The summed E-state index contributed by atoms with van der Waals surface area (Å²) in [6, 6.07) is 6.56. The van der Waals surface area contributed by atoms with Gasteiger partial charge in [0.1, 0.15) is 6.10 Å². The van der Waals surface area contributed by atoms with E-state index >= 15 is 0 Å². The number of rotatable bonds is 5. The topological polar surface area (TPSA) is 26.3 Å². The summed E-state index contributed by atoms with van der Waals surface area (Å²) in [7, 11) is 0. The predicted octanol–water partition coefficient (Wildman–Crippen LogP) is 4.61. The van der Waals surface area contributed by atoms with Gasteiger partial charge in [-0.1, -0.05) is 32.0 Å². The zero-order valence-electron chi connectivity index (χ0n) is 12.9. The van der Waals surface area contributed by atoms with Crippen LogP contribution in [-0.2, 0) is 22.4 Å². The van der Waals surface area contributed by atoms with Crippen molar-refractivity contribution < 1.29 is 9.53 Å². The van der Waals surface area contributed by atoms with Crippen molar-refractivity contribution in [1.82, 2.24) is 0 Å². The Bertz CT molecular complexity index is 462. The van der Waals surface area contributed by atoms with Crippen molar-refractivity contribution in [3.8, 4) is 0 Å². The van der Waals surface area contributed by atoms with Gasteiger partial charge in [0, 0.05) is 6.42 Å². The molecule has 0 spiro atoms. The molecule has 20 heavy (non-hydrogen) atoms. The van der Waals surface area contributed by atoms with Crippen molar-refractivity contribution in [1.29, 1.82) is 0 Å². The van der Waals surface area contributed by atoms with E-state index in [0.29, 0.717) is 12.3 Å². The lowest BCUT2D eigenvalue weighted by Crippen LogP contribution is -2.11. The smallest absolute Gasteiger partial charge is 0.306 e. The molecule has 1 aromatic rings. The van der Waals surface area contributed by atoms with Crippen LogP contribution in [0.2, 0.25) is 0 Å². The Morgan fingerprint density at radius 1 is 1.15 bits per heavy atom. The molecule has 0 heterocycles. The Morgan fingerprint density at radius 2 is 1.85 bits per heavy atom. The maximum Gasteiger partial charge on any atom is 0.306 e. The maximum atomic E-state index is 11.8. The van der Waals surface area contributed by atoms with Crippen molar-refractivity contribution in [3.63, 3.8) is 0 Å². The molecule has 0 amide bonds. The second kappa shape index (κ2) is 6.92. The minimum absolute atomic E-state index is 0.0797. The largest absolute Gasteiger partial charge is 0.458 e. The van der Waals surface area contributed by atoms with Crippen LogP contribution < -0.4 is 0 Å². The predicted molar refractivity (Wildman–Crippen MR) is 81.7 cm³/mol. The summed E-state index contributed by atoms with van der Waals surface area (Å²) in [6.07, 6.45) is 6.21. The molecule has 0 fully saturated rings. The molecule has 1 aliphatic rings. The molecule has 1 unspecified atom stereocenters. The monoisotopic (exact) mass is 274 g/mol. The van der Waals surface area contributed by atoms with E-state index in [0.717, 1.165) is 18.4 Å². The van der Waals surface area contributed by atoms with E-state index in [1.165, 1.54) is 30.4 Å². The third kappa shape index (κ3) is 4.09. The molecule has 0 N–H and O–H groups in total. The Morgan fingerprint density at radius 3 is 2.55 bits per heavy atom. The fourth-order valence-electron chi connectivity index (χ4n) is 2.74. The molecule has 0 aliphatic heterocycles. The first-order valence-electron chi connectivity index (χ1n) is 7.87. The Kier molecular flexibility index (Phi) is 5.22. The van der Waals surface area contributed by atoms with Crippen molar-refractivity contribution in [2.24, 2.45) is 5.92 Å². The molecule has 0 radical (unpaired) electrons. The van der Waals surface area contributed by atoms with E-state index in [1.807, 2.05) is 6.92 Å². The van der Waals surface area contributed by atoms with Gasteiger partial charge in [-0.3, -0.25) is 4.79 Å². The van der Waals surface area contributed by atoms with Gasteiger partial charge in [0.25, 0.3) is 0 Å². The summed E-state index contributed by atoms with van der Waals surface area (Å²) < 4.78 is 5.54. The highest BCUT2D eigenvalue weighted by Gasteiger charge is 2.15. The van der Waals surface area contributed by atoms with Gasteiger partial charge in [-0.05, 0) is 61.6 Å². The van der Waals surface area contributed by atoms with Crippen LogP contribution >= 0.6 is 0 Å². The summed E-state index contributed by atoms with van der Waals surface area (Å²) in [5, 5.41) is 0. The summed E-state index contributed by atoms with van der Waals surface area (Å²) in [4.78, 5) is 11.8.